The van der Waals surface area contributed by atoms with Crippen molar-refractivity contribution in [1.29, 1.82) is 0 Å². The molecule has 3 atom stereocenters. The van der Waals surface area contributed by atoms with Crippen LogP contribution in [0.1, 0.15) is 57.3 Å². The number of aliphatic hydroxyl groups excluding tert-OH is 1. The van der Waals surface area contributed by atoms with Crippen LogP contribution in [-0.2, 0) is 19.6 Å². The quantitative estimate of drug-likeness (QED) is 0.154. The van der Waals surface area contributed by atoms with Crippen molar-refractivity contribution in [3.05, 3.63) is 60.4 Å². The molecule has 2 aliphatic heterocycles. The number of thioether (sulfide) groups is 1. The number of hydrogen-bond donors (Lipinski definition) is 3. The number of carbonyl (C=O) groups is 3. The molecule has 2 saturated heterocycles. The molecule has 2 fully saturated rings. The molecule has 2 aromatic rings. The Bertz CT molecular complexity index is 1430. The van der Waals surface area contributed by atoms with Gasteiger partial charge in [0.25, 0.3) is 5.24 Å². The number of rotatable bonds is 17. The van der Waals surface area contributed by atoms with Gasteiger partial charge in [-0.25, -0.2) is 17.9 Å². The van der Waals surface area contributed by atoms with Crippen LogP contribution < -0.4 is 14.5 Å². The molecule has 0 radical (unpaired) electrons. The van der Waals surface area contributed by atoms with Crippen LogP contribution in [0.4, 0.5) is 21.2 Å². The van der Waals surface area contributed by atoms with E-state index in [-0.39, 0.29) is 35.5 Å². The van der Waals surface area contributed by atoms with E-state index in [9.17, 15) is 27.9 Å². The maximum atomic E-state index is 12.3. The number of para-hydroxylation sites is 1. The molecule has 1 aromatic heterocycles. The average molecular weight is 695 g/mol. The summed E-state index contributed by atoms with van der Waals surface area (Å²) in [4.78, 5) is 39.9. The van der Waals surface area contributed by atoms with Gasteiger partial charge in [0.2, 0.25) is 15.9 Å². The van der Waals surface area contributed by atoms with Crippen LogP contribution in [0, 0.1) is 0 Å². The van der Waals surface area contributed by atoms with Gasteiger partial charge < -0.3 is 24.3 Å². The third-order valence-electron chi connectivity index (χ3n) is 7.55. The summed E-state index contributed by atoms with van der Waals surface area (Å²) in [6.07, 6.45) is 6.64. The van der Waals surface area contributed by atoms with E-state index in [1.807, 2.05) is 42.5 Å². The SMILES string of the molecule is CC(O)c1ccc(N2C(=O)SC[C@@H]2C/C=C\CCCC(=O)O)o1.CNS(=O)(=O)CCCCOC[C@H]1CN(C)C(=O)N1c1ccccc1. The topological polar surface area (TPSA) is 170 Å². The number of anilines is 2. The Morgan fingerprint density at radius 2 is 1.85 bits per heavy atom. The number of unbranched alkanes of at least 4 members (excludes halogenated alkanes) is 2. The highest BCUT2D eigenvalue weighted by Gasteiger charge is 2.36. The van der Waals surface area contributed by atoms with Crippen molar-refractivity contribution in [2.24, 2.45) is 0 Å². The van der Waals surface area contributed by atoms with Crippen LogP contribution in [0.3, 0.4) is 0 Å². The summed E-state index contributed by atoms with van der Waals surface area (Å²) in [5, 5.41) is 18.0. The first kappa shape index (κ1) is 38.1. The lowest BCUT2D eigenvalue weighted by Gasteiger charge is -2.23. The lowest BCUT2D eigenvalue weighted by molar-refractivity contribution is -0.137. The number of carboxylic acid groups (broad SMARTS) is 1. The fraction of sp³-hybridized carbons (Fsp3) is 0.531. The fourth-order valence-electron chi connectivity index (χ4n) is 5.01. The van der Waals surface area contributed by atoms with Crippen LogP contribution in [0.5, 0.6) is 0 Å². The molecule has 13 nitrogen and oxygen atoms in total. The predicted molar refractivity (Wildman–Crippen MR) is 182 cm³/mol. The van der Waals surface area contributed by atoms with Gasteiger partial charge in [0, 0.05) is 44.1 Å². The van der Waals surface area contributed by atoms with Gasteiger partial charge in [-0.3, -0.25) is 19.4 Å². The Balaban J connectivity index is 0.000000256. The summed E-state index contributed by atoms with van der Waals surface area (Å²) in [7, 11) is 0.0461. The maximum absolute atomic E-state index is 12.3. The third-order valence-corrected chi connectivity index (χ3v) is 9.99. The van der Waals surface area contributed by atoms with E-state index >= 15 is 0 Å². The van der Waals surface area contributed by atoms with E-state index in [1.165, 1.54) is 18.8 Å². The molecule has 0 spiro atoms. The van der Waals surface area contributed by atoms with Gasteiger partial charge in [-0.2, -0.15) is 0 Å². The number of likely N-dealkylation sites (N-methyl/N-ethyl adjacent to an activating group) is 1. The molecule has 260 valence electrons. The van der Waals surface area contributed by atoms with Gasteiger partial charge in [-0.05, 0) is 64.3 Å². The number of nitrogens with one attached hydrogen (secondary N) is 1. The Hall–Kier alpha value is -3.37. The highest BCUT2D eigenvalue weighted by atomic mass is 32.2. The molecule has 15 heteroatoms. The number of aliphatic hydroxyl groups is 1. The van der Waals surface area contributed by atoms with Crippen LogP contribution >= 0.6 is 11.8 Å². The third kappa shape index (κ3) is 12.0. The molecular formula is C32H46N4O9S2. The Labute approximate surface area is 281 Å². The predicted octanol–water partition coefficient (Wildman–Crippen LogP) is 4.85. The largest absolute Gasteiger partial charge is 0.481 e. The molecule has 1 unspecified atom stereocenters. The van der Waals surface area contributed by atoms with Crippen molar-refractivity contribution in [2.45, 2.75) is 63.6 Å². The number of ether oxygens (including phenoxy) is 1. The van der Waals surface area contributed by atoms with Crippen molar-refractivity contribution in [1.82, 2.24) is 9.62 Å². The van der Waals surface area contributed by atoms with Gasteiger partial charge in [0.1, 0.15) is 11.9 Å². The number of benzene rings is 1. The van der Waals surface area contributed by atoms with Gasteiger partial charge in [-0.15, -0.1) is 0 Å². The zero-order valence-electron chi connectivity index (χ0n) is 27.1. The summed E-state index contributed by atoms with van der Waals surface area (Å²) in [6, 6.07) is 12.9. The van der Waals surface area contributed by atoms with E-state index in [0.717, 1.165) is 5.69 Å². The second-order valence-corrected chi connectivity index (χ2v) is 14.3. The number of amides is 3. The molecule has 0 saturated carbocycles. The van der Waals surface area contributed by atoms with Gasteiger partial charge in [-0.1, -0.05) is 42.1 Å². The van der Waals surface area contributed by atoms with E-state index in [4.69, 9.17) is 14.3 Å². The Morgan fingerprint density at radius 3 is 2.51 bits per heavy atom. The summed E-state index contributed by atoms with van der Waals surface area (Å²) in [5.74, 6) is 0.901. The van der Waals surface area contributed by atoms with Gasteiger partial charge in [0.15, 0.2) is 0 Å². The highest BCUT2D eigenvalue weighted by molar-refractivity contribution is 8.14. The van der Waals surface area contributed by atoms with E-state index in [2.05, 4.69) is 4.72 Å². The van der Waals surface area contributed by atoms with Crippen molar-refractivity contribution in [3.63, 3.8) is 0 Å². The fourth-order valence-corrected chi connectivity index (χ4v) is 6.80. The number of nitrogens with zero attached hydrogens (tertiary/aromatic N) is 3. The second-order valence-electron chi connectivity index (χ2n) is 11.3. The first-order valence-corrected chi connectivity index (χ1v) is 18.3. The minimum absolute atomic E-state index is 0.0104. The number of carbonyl (C=O) groups excluding carboxylic acids is 2. The summed E-state index contributed by atoms with van der Waals surface area (Å²) >= 11 is 1.25. The lowest BCUT2D eigenvalue weighted by Crippen LogP contribution is -2.37. The van der Waals surface area contributed by atoms with Crippen molar-refractivity contribution in [3.8, 4) is 0 Å². The number of furan rings is 1. The van der Waals surface area contributed by atoms with Gasteiger partial charge >= 0.3 is 12.0 Å². The smallest absolute Gasteiger partial charge is 0.324 e. The summed E-state index contributed by atoms with van der Waals surface area (Å²) in [5.41, 5.74) is 0.862. The van der Waals surface area contributed by atoms with Crippen molar-refractivity contribution in [2.75, 3.05) is 55.2 Å². The molecule has 4 rings (SSSR count). The molecule has 0 bridgehead atoms. The van der Waals surface area contributed by atoms with Crippen LogP contribution in [0.25, 0.3) is 0 Å². The zero-order chi connectivity index (χ0) is 34.4. The number of allylic oxidation sites excluding steroid dienone is 1. The number of sulfonamides is 1. The van der Waals surface area contributed by atoms with Crippen molar-refractivity contribution >= 4 is 50.6 Å². The van der Waals surface area contributed by atoms with Crippen LogP contribution in [-0.4, -0.2) is 98.2 Å². The Kier molecular flexibility index (Phi) is 15.3. The molecule has 3 heterocycles. The lowest BCUT2D eigenvalue weighted by atomic mass is 10.1. The standard InChI is InChI=1S/C16H25N3O4S.C16H21NO5S/c1-17-24(21,22)11-7-6-10-23-13-15-12-18(2)16(20)19(15)14-8-4-3-5-9-14;1-11(18)13-8-9-14(22-13)17-12(10-23-16(17)21)6-4-2-3-5-7-15(19)20/h3-5,8-9,15,17H,6-7,10-13H2,1-2H3;2,4,8-9,11-12,18H,3,5-7,10H2,1H3,(H,19,20)/b;4-2-/t15-;11?,12-/m10/s1. The van der Waals surface area contributed by atoms with Crippen LogP contribution in [0.15, 0.2) is 59.0 Å². The number of aliphatic carboxylic acids is 1. The normalized spacial score (nSPS) is 19.0. The van der Waals surface area contributed by atoms with E-state index < -0.39 is 22.1 Å². The number of urea groups is 1. The minimum Gasteiger partial charge on any atom is -0.481 e. The van der Waals surface area contributed by atoms with Crippen molar-refractivity contribution < 1.29 is 42.2 Å². The van der Waals surface area contributed by atoms with E-state index in [0.29, 0.717) is 69.3 Å². The molecular weight excluding hydrogens is 649 g/mol. The first-order valence-electron chi connectivity index (χ1n) is 15.6. The van der Waals surface area contributed by atoms with Gasteiger partial charge in [0.05, 0.1) is 24.4 Å². The molecule has 2 aliphatic rings. The number of hydrogen-bond acceptors (Lipinski definition) is 9. The monoisotopic (exact) mass is 694 g/mol. The summed E-state index contributed by atoms with van der Waals surface area (Å²) < 4.78 is 36.1. The molecule has 0 aliphatic carbocycles. The first-order chi connectivity index (χ1) is 22.4. The maximum Gasteiger partial charge on any atom is 0.324 e. The van der Waals surface area contributed by atoms with E-state index in [1.54, 1.807) is 40.8 Å². The molecule has 47 heavy (non-hydrogen) atoms. The molecule has 3 N–H and O–H groups in total. The highest BCUT2D eigenvalue weighted by Crippen LogP contribution is 2.34. The Morgan fingerprint density at radius 1 is 1.11 bits per heavy atom. The summed E-state index contributed by atoms with van der Waals surface area (Å²) in [6.45, 7) is 3.14. The van der Waals surface area contributed by atoms with Crippen LogP contribution in [0.2, 0.25) is 0 Å². The zero-order valence-corrected chi connectivity index (χ0v) is 28.7. The average Bonchev–Trinajstić information content (AvgIpc) is 3.74. The minimum atomic E-state index is -3.15. The number of carboxylic acids is 1. The molecule has 3 amide bonds. The molecule has 1 aromatic carbocycles. The second kappa shape index (κ2) is 18.8.